The highest BCUT2D eigenvalue weighted by Gasteiger charge is 2.17. The quantitative estimate of drug-likeness (QED) is 0.521. The van der Waals surface area contributed by atoms with E-state index >= 15 is 0 Å². The number of nitrogens with two attached hydrogens (primary N) is 1. The normalized spacial score (nSPS) is 27.1. The molecule has 4 nitrogen and oxygen atoms in total. The van der Waals surface area contributed by atoms with Crippen LogP contribution in [-0.4, -0.2) is 16.6 Å². The third-order valence-electron chi connectivity index (χ3n) is 1.81. The van der Waals surface area contributed by atoms with Crippen LogP contribution in [0.5, 0.6) is 0 Å². The van der Waals surface area contributed by atoms with Gasteiger partial charge in [-0.05, 0) is 19.3 Å². The molecule has 1 rings (SSSR count). The maximum Gasteiger partial charge on any atom is 0.332 e. The van der Waals surface area contributed by atoms with Crippen LogP contribution in [0.3, 0.4) is 0 Å². The Labute approximate surface area is 79.7 Å². The average Bonchev–Trinajstić information content (AvgIpc) is 2.03. The molecule has 68 valence electrons. The fourth-order valence-corrected chi connectivity index (χ4v) is 1.86. The van der Waals surface area contributed by atoms with Crippen LogP contribution in [0.2, 0.25) is 0 Å². The Morgan fingerprint density at radius 2 is 2.42 bits per heavy atom. The van der Waals surface area contributed by atoms with Gasteiger partial charge in [0.15, 0.2) is 0 Å². The van der Waals surface area contributed by atoms with Crippen molar-refractivity contribution in [1.29, 1.82) is 0 Å². The van der Waals surface area contributed by atoms with E-state index in [1.165, 1.54) is 6.42 Å². The Morgan fingerprint density at radius 3 is 3.00 bits per heavy atom. The molecule has 3 N–H and O–H groups in total. The van der Waals surface area contributed by atoms with Gasteiger partial charge in [0.05, 0.1) is 10.5 Å². The second-order valence-corrected chi connectivity index (χ2v) is 3.90. The van der Waals surface area contributed by atoms with Crippen molar-refractivity contribution in [1.82, 2.24) is 5.43 Å². The van der Waals surface area contributed by atoms with E-state index in [2.05, 4.69) is 26.5 Å². The summed E-state index contributed by atoms with van der Waals surface area (Å²) < 4.78 is 0. The van der Waals surface area contributed by atoms with E-state index in [1.54, 1.807) is 0 Å². The molecule has 0 bridgehead atoms. The van der Waals surface area contributed by atoms with Crippen molar-refractivity contribution >= 4 is 27.7 Å². The maximum atomic E-state index is 10.3. The van der Waals surface area contributed by atoms with Crippen LogP contribution in [0.4, 0.5) is 4.79 Å². The van der Waals surface area contributed by atoms with Crippen molar-refractivity contribution in [3.8, 4) is 0 Å². The zero-order chi connectivity index (χ0) is 8.97. The van der Waals surface area contributed by atoms with Gasteiger partial charge in [0.25, 0.3) is 0 Å². The zero-order valence-corrected chi connectivity index (χ0v) is 8.30. The number of nitrogens with zero attached hydrogens (tertiary/aromatic N) is 1. The largest absolute Gasteiger partial charge is 0.350 e. The number of alkyl halides is 1. The van der Waals surface area contributed by atoms with E-state index < -0.39 is 6.03 Å². The Bertz CT molecular complexity index is 205. The highest BCUT2D eigenvalue weighted by atomic mass is 79.9. The first-order valence-corrected chi connectivity index (χ1v) is 4.87. The van der Waals surface area contributed by atoms with Gasteiger partial charge in [0.1, 0.15) is 0 Å². The molecular weight excluding hydrogens is 222 g/mol. The fraction of sp³-hybridized carbons (Fsp3) is 0.714. The van der Waals surface area contributed by atoms with Crippen LogP contribution < -0.4 is 11.2 Å². The molecule has 5 heteroatoms. The van der Waals surface area contributed by atoms with E-state index in [-0.39, 0.29) is 0 Å². The summed E-state index contributed by atoms with van der Waals surface area (Å²) >= 11 is 3.48. The summed E-state index contributed by atoms with van der Waals surface area (Å²) in [4.78, 5) is 10.6. The van der Waals surface area contributed by atoms with Crippen molar-refractivity contribution in [2.24, 2.45) is 10.8 Å². The molecule has 1 aliphatic carbocycles. The summed E-state index contributed by atoms with van der Waals surface area (Å²) in [5.41, 5.74) is 8.11. The molecular formula is C7H12BrN3O. The molecule has 0 aliphatic heterocycles. The smallest absolute Gasteiger partial charge is 0.332 e. The van der Waals surface area contributed by atoms with Gasteiger partial charge in [-0.15, -0.1) is 0 Å². The molecule has 2 amide bonds. The summed E-state index contributed by atoms with van der Waals surface area (Å²) in [6.45, 7) is 0. The lowest BCUT2D eigenvalue weighted by Crippen LogP contribution is -2.29. The fourth-order valence-electron chi connectivity index (χ4n) is 1.21. The van der Waals surface area contributed by atoms with Crippen LogP contribution >= 0.6 is 15.9 Å². The van der Waals surface area contributed by atoms with E-state index in [0.717, 1.165) is 25.0 Å². The van der Waals surface area contributed by atoms with Gasteiger partial charge < -0.3 is 5.73 Å². The number of carbonyl (C=O) groups excluding carboxylic acids is 1. The Kier molecular flexibility index (Phi) is 3.52. The molecule has 1 atom stereocenters. The number of urea groups is 1. The molecule has 0 saturated heterocycles. The third-order valence-corrected chi connectivity index (χ3v) is 2.80. The van der Waals surface area contributed by atoms with Gasteiger partial charge in [-0.2, -0.15) is 5.10 Å². The number of amides is 2. The van der Waals surface area contributed by atoms with Crippen molar-refractivity contribution in [2.75, 3.05) is 0 Å². The molecule has 0 heterocycles. The molecule has 0 spiro atoms. The molecule has 1 saturated carbocycles. The number of hydrogen-bond acceptors (Lipinski definition) is 2. The van der Waals surface area contributed by atoms with Crippen molar-refractivity contribution in [3.05, 3.63) is 0 Å². The monoisotopic (exact) mass is 233 g/mol. The second kappa shape index (κ2) is 4.45. The number of hydrogen-bond donors (Lipinski definition) is 2. The lowest BCUT2D eigenvalue weighted by atomic mass is 9.99. The summed E-state index contributed by atoms with van der Waals surface area (Å²) in [6, 6.07) is -0.604. The molecule has 0 aromatic heterocycles. The minimum absolute atomic E-state index is 0.304. The van der Waals surface area contributed by atoms with Crippen molar-refractivity contribution in [3.63, 3.8) is 0 Å². The first-order valence-electron chi connectivity index (χ1n) is 3.96. The maximum absolute atomic E-state index is 10.3. The lowest BCUT2D eigenvalue weighted by Gasteiger charge is -2.17. The van der Waals surface area contributed by atoms with Gasteiger partial charge in [-0.25, -0.2) is 10.2 Å². The molecule has 1 aliphatic rings. The number of nitrogens with one attached hydrogen (secondary N) is 1. The lowest BCUT2D eigenvalue weighted by molar-refractivity contribution is 0.249. The first-order chi connectivity index (χ1) is 5.70. The first kappa shape index (κ1) is 9.51. The minimum atomic E-state index is -0.604. The highest BCUT2D eigenvalue weighted by molar-refractivity contribution is 9.10. The van der Waals surface area contributed by atoms with Gasteiger partial charge in [-0.1, -0.05) is 22.4 Å². The van der Waals surface area contributed by atoms with Gasteiger partial charge in [-0.3, -0.25) is 0 Å². The van der Waals surface area contributed by atoms with Crippen LogP contribution in [0, 0.1) is 0 Å². The van der Waals surface area contributed by atoms with Crippen LogP contribution in [0.1, 0.15) is 25.7 Å². The number of primary amides is 1. The SMILES string of the molecule is NC(=O)N/N=C1/CCCCC1Br. The predicted octanol–water partition coefficient (Wildman–Crippen LogP) is 1.35. The van der Waals surface area contributed by atoms with E-state index in [9.17, 15) is 4.79 Å². The summed E-state index contributed by atoms with van der Waals surface area (Å²) in [5.74, 6) is 0. The second-order valence-electron chi connectivity index (χ2n) is 2.79. The summed E-state index contributed by atoms with van der Waals surface area (Å²) in [7, 11) is 0. The van der Waals surface area contributed by atoms with Gasteiger partial charge >= 0.3 is 6.03 Å². The van der Waals surface area contributed by atoms with Gasteiger partial charge in [0, 0.05) is 0 Å². The van der Waals surface area contributed by atoms with Crippen LogP contribution in [0.15, 0.2) is 5.10 Å². The average molecular weight is 234 g/mol. The number of halogens is 1. The number of carbonyl (C=O) groups is 1. The summed E-state index contributed by atoms with van der Waals surface area (Å²) in [5, 5.41) is 3.91. The molecule has 12 heavy (non-hydrogen) atoms. The Balaban J connectivity index is 2.47. The van der Waals surface area contributed by atoms with Crippen molar-refractivity contribution in [2.45, 2.75) is 30.5 Å². The molecule has 1 fully saturated rings. The highest BCUT2D eigenvalue weighted by Crippen LogP contribution is 2.21. The van der Waals surface area contributed by atoms with E-state index in [1.807, 2.05) is 0 Å². The zero-order valence-electron chi connectivity index (χ0n) is 6.72. The summed E-state index contributed by atoms with van der Waals surface area (Å²) in [6.07, 6.45) is 4.38. The predicted molar refractivity (Wildman–Crippen MR) is 51.3 cm³/mol. The molecule has 1 unspecified atom stereocenters. The molecule has 0 aromatic rings. The Hall–Kier alpha value is -0.580. The van der Waals surface area contributed by atoms with E-state index in [4.69, 9.17) is 5.73 Å². The van der Waals surface area contributed by atoms with E-state index in [0.29, 0.717) is 4.83 Å². The van der Waals surface area contributed by atoms with Gasteiger partial charge in [0.2, 0.25) is 0 Å². The van der Waals surface area contributed by atoms with Crippen molar-refractivity contribution < 1.29 is 4.79 Å². The topological polar surface area (TPSA) is 67.5 Å². The Morgan fingerprint density at radius 1 is 1.67 bits per heavy atom. The minimum Gasteiger partial charge on any atom is -0.350 e. The third kappa shape index (κ3) is 2.81. The van der Waals surface area contributed by atoms with Crippen LogP contribution in [-0.2, 0) is 0 Å². The molecule has 0 radical (unpaired) electrons. The number of hydrazone groups is 1. The standard InChI is InChI=1S/C7H12BrN3O/c8-5-3-1-2-4-6(5)10-11-7(9)12/h5H,1-4H2,(H3,9,11,12)/b10-6-. The number of rotatable bonds is 1. The van der Waals surface area contributed by atoms with Crippen LogP contribution in [0.25, 0.3) is 0 Å². The molecule has 0 aromatic carbocycles.